The van der Waals surface area contributed by atoms with Gasteiger partial charge in [0.1, 0.15) is 22.5 Å². The number of rotatable bonds is 3. The van der Waals surface area contributed by atoms with Crippen LogP contribution in [0.4, 0.5) is 0 Å². The van der Waals surface area contributed by atoms with Crippen LogP contribution in [0.5, 0.6) is 5.75 Å². The van der Waals surface area contributed by atoms with Crippen molar-refractivity contribution in [2.75, 3.05) is 0 Å². The number of fused-ring (bicyclic) bond motifs is 1. The molecule has 26 heavy (non-hydrogen) atoms. The van der Waals surface area contributed by atoms with Crippen LogP contribution in [0.1, 0.15) is 50.3 Å². The van der Waals surface area contributed by atoms with Crippen LogP contribution in [0, 0.1) is 6.92 Å². The lowest BCUT2D eigenvalue weighted by Crippen LogP contribution is -2.19. The summed E-state index contributed by atoms with van der Waals surface area (Å²) in [4.78, 5) is 13.0. The molecule has 0 aliphatic carbocycles. The average molecular weight is 353 g/mol. The van der Waals surface area contributed by atoms with Gasteiger partial charge in [-0.15, -0.1) is 15.0 Å². The Morgan fingerprint density at radius 1 is 1.15 bits per heavy atom. The molecule has 0 aliphatic heterocycles. The molecular formula is C20H23N3O3. The van der Waals surface area contributed by atoms with Gasteiger partial charge in [-0.25, -0.2) is 0 Å². The van der Waals surface area contributed by atoms with E-state index in [1.807, 2.05) is 52.0 Å². The fraction of sp³-hybridized carbons (Fsp3) is 0.350. The van der Waals surface area contributed by atoms with Crippen molar-refractivity contribution in [1.82, 2.24) is 15.0 Å². The van der Waals surface area contributed by atoms with Gasteiger partial charge in [-0.05, 0) is 48.6 Å². The zero-order chi connectivity index (χ0) is 19.2. The number of carboxylic acids is 1. The Morgan fingerprint density at radius 2 is 1.69 bits per heavy atom. The summed E-state index contributed by atoms with van der Waals surface area (Å²) < 4.78 is 0. The van der Waals surface area contributed by atoms with Crippen molar-refractivity contribution >= 4 is 17.0 Å². The van der Waals surface area contributed by atoms with E-state index in [2.05, 4.69) is 10.2 Å². The highest BCUT2D eigenvalue weighted by molar-refractivity contribution is 5.78. The normalized spacial score (nSPS) is 13.1. The molecule has 0 spiro atoms. The van der Waals surface area contributed by atoms with Gasteiger partial charge in [-0.2, -0.15) is 0 Å². The lowest BCUT2D eigenvalue weighted by Gasteiger charge is -2.27. The molecule has 0 radical (unpaired) electrons. The van der Waals surface area contributed by atoms with Crippen LogP contribution >= 0.6 is 0 Å². The van der Waals surface area contributed by atoms with Crippen molar-refractivity contribution in [2.45, 2.75) is 46.0 Å². The smallest absolute Gasteiger partial charge is 0.310 e. The van der Waals surface area contributed by atoms with Gasteiger partial charge in [0.2, 0.25) is 0 Å². The van der Waals surface area contributed by atoms with Crippen molar-refractivity contribution in [3.8, 4) is 11.4 Å². The van der Waals surface area contributed by atoms with Gasteiger partial charge < -0.3 is 10.2 Å². The van der Waals surface area contributed by atoms with Gasteiger partial charge in [0.05, 0.1) is 5.92 Å². The fourth-order valence-electron chi connectivity index (χ4n) is 3.39. The third kappa shape index (κ3) is 2.92. The standard InChI is InChI=1S/C20H23N3O3/c1-11-13(12(2)19(25)26)10-16(18(24)17(11)20(3,4)5)23-21-14-8-6-7-9-15(14)22-23/h6-10,12,24H,1-5H3,(H,25,26). The van der Waals surface area contributed by atoms with Crippen molar-refractivity contribution in [1.29, 1.82) is 0 Å². The number of hydrogen-bond donors (Lipinski definition) is 2. The summed E-state index contributed by atoms with van der Waals surface area (Å²) >= 11 is 0. The number of carbonyl (C=O) groups is 1. The predicted molar refractivity (Wildman–Crippen MR) is 100 cm³/mol. The zero-order valence-electron chi connectivity index (χ0n) is 15.6. The molecule has 0 fully saturated rings. The van der Waals surface area contributed by atoms with Crippen LogP contribution in [0.15, 0.2) is 30.3 Å². The fourth-order valence-corrected chi connectivity index (χ4v) is 3.39. The van der Waals surface area contributed by atoms with Crippen LogP contribution in [-0.2, 0) is 10.2 Å². The second-order valence-corrected chi connectivity index (χ2v) is 7.62. The number of aromatic hydroxyl groups is 1. The number of nitrogens with zero attached hydrogens (tertiary/aromatic N) is 3. The van der Waals surface area contributed by atoms with E-state index in [9.17, 15) is 15.0 Å². The largest absolute Gasteiger partial charge is 0.505 e. The summed E-state index contributed by atoms with van der Waals surface area (Å²) in [6.07, 6.45) is 0. The maximum Gasteiger partial charge on any atom is 0.310 e. The van der Waals surface area contributed by atoms with Crippen LogP contribution in [-0.4, -0.2) is 31.2 Å². The highest BCUT2D eigenvalue weighted by Gasteiger charge is 2.29. The molecule has 1 heterocycles. The van der Waals surface area contributed by atoms with Crippen molar-refractivity contribution in [2.24, 2.45) is 0 Å². The molecule has 3 aromatic rings. The van der Waals surface area contributed by atoms with E-state index in [0.29, 0.717) is 27.8 Å². The summed E-state index contributed by atoms with van der Waals surface area (Å²) in [5.41, 5.74) is 3.57. The second-order valence-electron chi connectivity index (χ2n) is 7.62. The minimum atomic E-state index is -0.914. The minimum absolute atomic E-state index is 0.0802. The minimum Gasteiger partial charge on any atom is -0.505 e. The number of benzene rings is 2. The van der Waals surface area contributed by atoms with Gasteiger partial charge in [-0.1, -0.05) is 32.9 Å². The molecule has 0 saturated carbocycles. The lowest BCUT2D eigenvalue weighted by molar-refractivity contribution is -0.138. The number of aromatic nitrogens is 3. The second kappa shape index (κ2) is 6.12. The van der Waals surface area contributed by atoms with Gasteiger partial charge in [0.25, 0.3) is 0 Å². The Balaban J connectivity index is 2.34. The Bertz CT molecular complexity index is 966. The first kappa shape index (κ1) is 17.9. The van der Waals surface area contributed by atoms with Gasteiger partial charge in [-0.3, -0.25) is 4.79 Å². The molecule has 0 amide bonds. The molecule has 2 aromatic carbocycles. The van der Waals surface area contributed by atoms with E-state index in [1.165, 1.54) is 4.80 Å². The molecule has 0 aliphatic rings. The van der Waals surface area contributed by atoms with Crippen molar-refractivity contribution in [3.63, 3.8) is 0 Å². The van der Waals surface area contributed by atoms with E-state index < -0.39 is 11.9 Å². The average Bonchev–Trinajstić information content (AvgIpc) is 2.96. The van der Waals surface area contributed by atoms with E-state index in [1.54, 1.807) is 13.0 Å². The Hall–Kier alpha value is -2.89. The first-order valence-electron chi connectivity index (χ1n) is 8.53. The summed E-state index contributed by atoms with van der Waals surface area (Å²) in [7, 11) is 0. The predicted octanol–water partition coefficient (Wildman–Crippen LogP) is 3.92. The van der Waals surface area contributed by atoms with Crippen LogP contribution in [0.25, 0.3) is 16.7 Å². The van der Waals surface area contributed by atoms with Gasteiger partial charge >= 0.3 is 5.97 Å². The maximum absolute atomic E-state index is 11.6. The number of phenols is 1. The molecule has 1 atom stereocenters. The van der Waals surface area contributed by atoms with E-state index in [4.69, 9.17) is 0 Å². The maximum atomic E-state index is 11.6. The molecule has 1 unspecified atom stereocenters. The Labute approximate surface area is 152 Å². The summed E-state index contributed by atoms with van der Waals surface area (Å²) in [6, 6.07) is 9.10. The third-order valence-corrected chi connectivity index (χ3v) is 4.67. The number of hydrogen-bond acceptors (Lipinski definition) is 4. The van der Waals surface area contributed by atoms with Gasteiger partial charge in [0.15, 0.2) is 0 Å². The number of aliphatic carboxylic acids is 1. The molecule has 0 bridgehead atoms. The quantitative estimate of drug-likeness (QED) is 0.745. The first-order chi connectivity index (χ1) is 12.1. The topological polar surface area (TPSA) is 88.2 Å². The Kier molecular flexibility index (Phi) is 4.22. The summed E-state index contributed by atoms with van der Waals surface area (Å²) in [5.74, 6) is -1.54. The zero-order valence-corrected chi connectivity index (χ0v) is 15.6. The molecule has 0 saturated heterocycles. The van der Waals surface area contributed by atoms with Crippen molar-refractivity contribution in [3.05, 3.63) is 47.0 Å². The highest BCUT2D eigenvalue weighted by atomic mass is 16.4. The number of carboxylic acid groups (broad SMARTS) is 1. The lowest BCUT2D eigenvalue weighted by atomic mass is 9.79. The van der Waals surface area contributed by atoms with Crippen LogP contribution < -0.4 is 0 Å². The van der Waals surface area contributed by atoms with Gasteiger partial charge in [0, 0.05) is 5.56 Å². The molecule has 6 heteroatoms. The molecular weight excluding hydrogens is 330 g/mol. The molecule has 2 N–H and O–H groups in total. The Morgan fingerprint density at radius 3 is 2.15 bits per heavy atom. The SMILES string of the molecule is Cc1c(C(C)C(=O)O)cc(-n2nc3ccccc3n2)c(O)c1C(C)(C)C. The van der Waals surface area contributed by atoms with Crippen LogP contribution in [0.2, 0.25) is 0 Å². The monoisotopic (exact) mass is 353 g/mol. The molecule has 136 valence electrons. The highest BCUT2D eigenvalue weighted by Crippen LogP contribution is 2.41. The third-order valence-electron chi connectivity index (χ3n) is 4.67. The molecule has 1 aromatic heterocycles. The first-order valence-corrected chi connectivity index (χ1v) is 8.53. The molecule has 3 rings (SSSR count). The van der Waals surface area contributed by atoms with Crippen molar-refractivity contribution < 1.29 is 15.0 Å². The number of phenolic OH excluding ortho intramolecular Hbond substituents is 1. The summed E-state index contributed by atoms with van der Waals surface area (Å²) in [6.45, 7) is 9.46. The molecule has 6 nitrogen and oxygen atoms in total. The van der Waals surface area contributed by atoms with E-state index >= 15 is 0 Å². The van der Waals surface area contributed by atoms with E-state index in [-0.39, 0.29) is 11.2 Å². The summed E-state index contributed by atoms with van der Waals surface area (Å²) in [5, 5.41) is 29.4. The van der Waals surface area contributed by atoms with E-state index in [0.717, 1.165) is 5.56 Å². The van der Waals surface area contributed by atoms with Crippen LogP contribution in [0.3, 0.4) is 0 Å².